The van der Waals surface area contributed by atoms with E-state index >= 15 is 0 Å². The highest BCUT2D eigenvalue weighted by atomic mass is 32.2. The predicted octanol–water partition coefficient (Wildman–Crippen LogP) is 2.73. The van der Waals surface area contributed by atoms with Crippen molar-refractivity contribution in [2.24, 2.45) is 5.73 Å². The first-order valence-electron chi connectivity index (χ1n) is 5.41. The highest BCUT2D eigenvalue weighted by molar-refractivity contribution is 7.98. The Labute approximate surface area is 99.4 Å². The maximum absolute atomic E-state index is 13.1. The number of hydrogen-bond donors (Lipinski definition) is 1. The Morgan fingerprint density at radius 2 is 2.38 bits per heavy atom. The fourth-order valence-electron chi connectivity index (χ4n) is 1.98. The Morgan fingerprint density at radius 1 is 1.56 bits per heavy atom. The average molecular weight is 241 g/mol. The summed E-state index contributed by atoms with van der Waals surface area (Å²) in [6.07, 6.45) is 4.01. The zero-order chi connectivity index (χ0) is 11.5. The van der Waals surface area contributed by atoms with Gasteiger partial charge in [0.05, 0.1) is 0 Å². The summed E-state index contributed by atoms with van der Waals surface area (Å²) in [5.74, 6) is 1.56. The molecule has 0 bridgehead atoms. The molecule has 0 aromatic heterocycles. The number of fused-ring (bicyclic) bond motifs is 1. The molecule has 2 nitrogen and oxygen atoms in total. The van der Waals surface area contributed by atoms with Crippen molar-refractivity contribution in [1.82, 2.24) is 0 Å². The molecule has 2 rings (SSSR count). The minimum Gasteiger partial charge on any atom is -0.490 e. The molecule has 0 saturated carbocycles. The smallest absolute Gasteiger partial charge is 0.124 e. The van der Waals surface area contributed by atoms with Crippen LogP contribution in [0.1, 0.15) is 24.4 Å². The second-order valence-electron chi connectivity index (χ2n) is 4.05. The van der Waals surface area contributed by atoms with E-state index in [0.29, 0.717) is 0 Å². The van der Waals surface area contributed by atoms with E-state index in [-0.39, 0.29) is 18.0 Å². The van der Waals surface area contributed by atoms with Gasteiger partial charge in [0, 0.05) is 18.0 Å². The van der Waals surface area contributed by atoms with E-state index in [9.17, 15) is 4.39 Å². The van der Waals surface area contributed by atoms with Crippen LogP contribution in [0, 0.1) is 5.82 Å². The number of nitrogens with two attached hydrogens (primary N) is 1. The summed E-state index contributed by atoms with van der Waals surface area (Å²) in [6.45, 7) is 0. The molecule has 0 saturated heterocycles. The van der Waals surface area contributed by atoms with Crippen LogP contribution in [0.5, 0.6) is 5.75 Å². The third-order valence-corrected chi connectivity index (χ3v) is 3.47. The van der Waals surface area contributed by atoms with Crippen LogP contribution in [0.25, 0.3) is 0 Å². The molecule has 88 valence electrons. The summed E-state index contributed by atoms with van der Waals surface area (Å²) < 4.78 is 18.9. The number of benzene rings is 1. The standard InChI is InChI=1S/C12H16FNOS/c1-16-5-4-9-7-11(14)10-6-8(13)2-3-12(10)15-9/h2-3,6,9,11H,4-5,7,14H2,1H3. The van der Waals surface area contributed by atoms with E-state index in [1.54, 1.807) is 17.8 Å². The molecule has 2 unspecified atom stereocenters. The van der Waals surface area contributed by atoms with Crippen molar-refractivity contribution in [3.8, 4) is 5.75 Å². The SMILES string of the molecule is CSCCC1CC(N)c2cc(F)ccc2O1. The van der Waals surface area contributed by atoms with E-state index < -0.39 is 0 Å². The molecule has 0 amide bonds. The minimum atomic E-state index is -0.250. The fraction of sp³-hybridized carbons (Fsp3) is 0.500. The normalized spacial score (nSPS) is 23.7. The summed E-state index contributed by atoms with van der Waals surface area (Å²) in [5, 5.41) is 0. The minimum absolute atomic E-state index is 0.105. The molecular formula is C12H16FNOS. The lowest BCUT2D eigenvalue weighted by atomic mass is 9.96. The van der Waals surface area contributed by atoms with Crippen molar-refractivity contribution in [2.75, 3.05) is 12.0 Å². The highest BCUT2D eigenvalue weighted by Crippen LogP contribution is 2.34. The van der Waals surface area contributed by atoms with Crippen molar-refractivity contribution in [2.45, 2.75) is 25.0 Å². The first-order chi connectivity index (χ1) is 7.70. The molecule has 16 heavy (non-hydrogen) atoms. The van der Waals surface area contributed by atoms with Crippen molar-refractivity contribution >= 4 is 11.8 Å². The number of thioether (sulfide) groups is 1. The predicted molar refractivity (Wildman–Crippen MR) is 65.4 cm³/mol. The number of hydrogen-bond acceptors (Lipinski definition) is 3. The van der Waals surface area contributed by atoms with Gasteiger partial charge in [0.25, 0.3) is 0 Å². The lowest BCUT2D eigenvalue weighted by Crippen LogP contribution is -2.30. The highest BCUT2D eigenvalue weighted by Gasteiger charge is 2.25. The number of ether oxygens (including phenoxy) is 1. The monoisotopic (exact) mass is 241 g/mol. The molecule has 1 aliphatic heterocycles. The maximum Gasteiger partial charge on any atom is 0.124 e. The maximum atomic E-state index is 13.1. The zero-order valence-electron chi connectivity index (χ0n) is 9.28. The largest absolute Gasteiger partial charge is 0.490 e. The molecule has 2 N–H and O–H groups in total. The Bertz CT molecular complexity index is 372. The van der Waals surface area contributed by atoms with Gasteiger partial charge >= 0.3 is 0 Å². The molecule has 0 fully saturated rings. The second-order valence-corrected chi connectivity index (χ2v) is 5.03. The van der Waals surface area contributed by atoms with Gasteiger partial charge in [-0.15, -0.1) is 0 Å². The van der Waals surface area contributed by atoms with E-state index in [4.69, 9.17) is 10.5 Å². The third kappa shape index (κ3) is 2.50. The van der Waals surface area contributed by atoms with Gasteiger partial charge in [0.15, 0.2) is 0 Å². The van der Waals surface area contributed by atoms with Gasteiger partial charge in [-0.3, -0.25) is 0 Å². The zero-order valence-corrected chi connectivity index (χ0v) is 10.1. The van der Waals surface area contributed by atoms with E-state index in [1.807, 2.05) is 0 Å². The summed E-state index contributed by atoms with van der Waals surface area (Å²) >= 11 is 1.80. The Morgan fingerprint density at radius 3 is 3.12 bits per heavy atom. The summed E-state index contributed by atoms with van der Waals surface area (Å²) in [5.41, 5.74) is 6.82. The van der Waals surface area contributed by atoms with Crippen molar-refractivity contribution < 1.29 is 9.13 Å². The Balaban J connectivity index is 2.13. The van der Waals surface area contributed by atoms with Crippen LogP contribution in [0.15, 0.2) is 18.2 Å². The third-order valence-electron chi connectivity index (χ3n) is 2.83. The van der Waals surface area contributed by atoms with Crippen molar-refractivity contribution in [3.63, 3.8) is 0 Å². The van der Waals surface area contributed by atoms with E-state index in [2.05, 4.69) is 6.26 Å². The van der Waals surface area contributed by atoms with Gasteiger partial charge < -0.3 is 10.5 Å². The van der Waals surface area contributed by atoms with Crippen LogP contribution in [-0.2, 0) is 0 Å². The van der Waals surface area contributed by atoms with Crippen LogP contribution < -0.4 is 10.5 Å². The van der Waals surface area contributed by atoms with Crippen LogP contribution in [-0.4, -0.2) is 18.1 Å². The molecule has 1 aromatic rings. The Kier molecular flexibility index (Phi) is 3.71. The van der Waals surface area contributed by atoms with Gasteiger partial charge in [-0.25, -0.2) is 4.39 Å². The first-order valence-corrected chi connectivity index (χ1v) is 6.80. The Hall–Kier alpha value is -0.740. The molecule has 2 atom stereocenters. The summed E-state index contributed by atoms with van der Waals surface area (Å²) in [7, 11) is 0. The van der Waals surface area contributed by atoms with Crippen LogP contribution in [0.3, 0.4) is 0 Å². The second kappa shape index (κ2) is 5.06. The molecule has 0 aliphatic carbocycles. The van der Waals surface area contributed by atoms with Gasteiger partial charge in [-0.1, -0.05) is 0 Å². The molecule has 0 spiro atoms. The molecule has 4 heteroatoms. The van der Waals surface area contributed by atoms with Crippen LogP contribution in [0.4, 0.5) is 4.39 Å². The number of rotatable bonds is 3. The fourth-order valence-corrected chi connectivity index (χ4v) is 2.48. The van der Waals surface area contributed by atoms with Crippen molar-refractivity contribution in [1.29, 1.82) is 0 Å². The van der Waals surface area contributed by atoms with Crippen LogP contribution in [0.2, 0.25) is 0 Å². The molecule has 1 aliphatic rings. The average Bonchev–Trinajstić information content (AvgIpc) is 2.27. The number of halogens is 1. The first kappa shape index (κ1) is 11.7. The van der Waals surface area contributed by atoms with Gasteiger partial charge in [0.2, 0.25) is 0 Å². The molecule has 0 radical (unpaired) electrons. The molecule has 1 aromatic carbocycles. The van der Waals surface area contributed by atoms with Gasteiger partial charge in [-0.05, 0) is 36.6 Å². The molecular weight excluding hydrogens is 225 g/mol. The van der Waals surface area contributed by atoms with Crippen molar-refractivity contribution in [3.05, 3.63) is 29.6 Å². The van der Waals surface area contributed by atoms with Crippen LogP contribution >= 0.6 is 11.8 Å². The molecule has 1 heterocycles. The topological polar surface area (TPSA) is 35.2 Å². The van der Waals surface area contributed by atoms with Gasteiger partial charge in [-0.2, -0.15) is 11.8 Å². The summed E-state index contributed by atoms with van der Waals surface area (Å²) in [4.78, 5) is 0. The van der Waals surface area contributed by atoms with E-state index in [1.165, 1.54) is 12.1 Å². The van der Waals surface area contributed by atoms with Gasteiger partial charge in [0.1, 0.15) is 17.7 Å². The summed E-state index contributed by atoms with van der Waals surface area (Å²) in [6, 6.07) is 4.47. The van der Waals surface area contributed by atoms with E-state index in [0.717, 1.165) is 29.9 Å². The lowest BCUT2D eigenvalue weighted by Gasteiger charge is -2.30. The lowest BCUT2D eigenvalue weighted by molar-refractivity contribution is 0.156. The quantitative estimate of drug-likeness (QED) is 0.883.